The predicted octanol–water partition coefficient (Wildman–Crippen LogP) is -0.0512. The van der Waals surface area contributed by atoms with Gasteiger partial charge in [-0.1, -0.05) is 0 Å². The molecule has 3 aliphatic heterocycles. The van der Waals surface area contributed by atoms with E-state index >= 15 is 0 Å². The molecule has 0 saturated carbocycles. The van der Waals surface area contributed by atoms with Crippen LogP contribution in [-0.2, 0) is 4.79 Å². The summed E-state index contributed by atoms with van der Waals surface area (Å²) in [5, 5.41) is 6.38. The molecule has 0 aliphatic carbocycles. The van der Waals surface area contributed by atoms with E-state index in [4.69, 9.17) is 0 Å². The van der Waals surface area contributed by atoms with Crippen LogP contribution in [0.3, 0.4) is 0 Å². The van der Waals surface area contributed by atoms with E-state index in [1.54, 1.807) is 0 Å². The Morgan fingerprint density at radius 1 is 1.25 bits per heavy atom. The molecule has 0 aromatic heterocycles. The number of hydrogen-bond acceptors (Lipinski definition) is 3. The fraction of sp³-hybridized carbons (Fsp3) is 0.917. The van der Waals surface area contributed by atoms with Gasteiger partial charge >= 0.3 is 0 Å². The van der Waals surface area contributed by atoms with E-state index in [2.05, 4.69) is 15.5 Å². The van der Waals surface area contributed by atoms with Crippen LogP contribution in [0.2, 0.25) is 0 Å². The minimum atomic E-state index is 0.238. The minimum Gasteiger partial charge on any atom is -0.353 e. The molecule has 3 fully saturated rings. The molecule has 2 unspecified atom stereocenters. The summed E-state index contributed by atoms with van der Waals surface area (Å²) in [6, 6.07) is 1.19. The Morgan fingerprint density at radius 3 is 2.88 bits per heavy atom. The second-order valence-electron chi connectivity index (χ2n) is 5.42. The Morgan fingerprint density at radius 2 is 2.12 bits per heavy atom. The highest BCUT2D eigenvalue weighted by Gasteiger charge is 2.33. The molecule has 4 heteroatoms. The van der Waals surface area contributed by atoms with Gasteiger partial charge < -0.3 is 15.5 Å². The first kappa shape index (κ1) is 10.5. The average Bonchev–Trinajstić information content (AvgIpc) is 2.61. The Hall–Kier alpha value is -0.610. The van der Waals surface area contributed by atoms with Crippen molar-refractivity contribution in [2.45, 2.75) is 37.8 Å². The molecule has 0 spiro atoms. The van der Waals surface area contributed by atoms with Crippen molar-refractivity contribution in [3.63, 3.8) is 0 Å². The maximum Gasteiger partial charge on any atom is 0.225 e. The van der Waals surface area contributed by atoms with Gasteiger partial charge in [0.25, 0.3) is 0 Å². The molecular weight excluding hydrogens is 202 g/mol. The molecule has 3 saturated heterocycles. The molecule has 3 aliphatic rings. The normalized spacial score (nSPS) is 35.5. The smallest absolute Gasteiger partial charge is 0.225 e. The van der Waals surface area contributed by atoms with Gasteiger partial charge in [0.2, 0.25) is 5.91 Å². The summed E-state index contributed by atoms with van der Waals surface area (Å²) in [6.07, 6.45) is 4.99. The molecule has 90 valence electrons. The largest absolute Gasteiger partial charge is 0.353 e. The quantitative estimate of drug-likeness (QED) is 0.690. The molecule has 0 bridgehead atoms. The maximum atomic E-state index is 11.8. The van der Waals surface area contributed by atoms with E-state index in [0.29, 0.717) is 6.04 Å². The van der Waals surface area contributed by atoms with Crippen LogP contribution in [0.1, 0.15) is 25.7 Å². The summed E-state index contributed by atoms with van der Waals surface area (Å²) in [6.45, 7) is 4.19. The Bertz CT molecular complexity index is 277. The van der Waals surface area contributed by atoms with E-state index < -0.39 is 0 Å². The number of fused-ring (bicyclic) bond motifs is 1. The summed E-state index contributed by atoms with van der Waals surface area (Å²) in [5.74, 6) is 0.511. The zero-order valence-corrected chi connectivity index (χ0v) is 9.74. The zero-order chi connectivity index (χ0) is 11.0. The fourth-order valence-corrected chi connectivity index (χ4v) is 3.15. The van der Waals surface area contributed by atoms with Gasteiger partial charge in [-0.2, -0.15) is 0 Å². The van der Waals surface area contributed by atoms with Crippen LogP contribution in [0.25, 0.3) is 0 Å². The SMILES string of the molecule is O=C(NC1CCN2CCCC2C1)C1CNC1. The molecule has 0 radical (unpaired) electrons. The van der Waals surface area contributed by atoms with Gasteiger partial charge in [-0.25, -0.2) is 0 Å². The first-order valence-corrected chi connectivity index (χ1v) is 6.58. The van der Waals surface area contributed by atoms with Crippen molar-refractivity contribution in [2.24, 2.45) is 5.92 Å². The van der Waals surface area contributed by atoms with E-state index in [1.807, 2.05) is 0 Å². The lowest BCUT2D eigenvalue weighted by atomic mass is 9.95. The van der Waals surface area contributed by atoms with Gasteiger partial charge in [0.05, 0.1) is 5.92 Å². The minimum absolute atomic E-state index is 0.238. The molecule has 3 rings (SSSR count). The van der Waals surface area contributed by atoms with Crippen molar-refractivity contribution in [3.8, 4) is 0 Å². The van der Waals surface area contributed by atoms with Crippen LogP contribution in [0.4, 0.5) is 0 Å². The summed E-state index contributed by atoms with van der Waals surface area (Å²) >= 11 is 0. The first-order valence-electron chi connectivity index (χ1n) is 6.58. The number of amides is 1. The molecule has 2 N–H and O–H groups in total. The van der Waals surface area contributed by atoms with E-state index in [9.17, 15) is 4.79 Å². The highest BCUT2D eigenvalue weighted by atomic mass is 16.2. The van der Waals surface area contributed by atoms with Gasteiger partial charge in [0, 0.05) is 31.7 Å². The molecular formula is C12H21N3O. The molecule has 4 nitrogen and oxygen atoms in total. The van der Waals surface area contributed by atoms with Crippen LogP contribution in [0, 0.1) is 5.92 Å². The van der Waals surface area contributed by atoms with Crippen molar-refractivity contribution in [2.75, 3.05) is 26.2 Å². The van der Waals surface area contributed by atoms with E-state index in [0.717, 1.165) is 25.6 Å². The van der Waals surface area contributed by atoms with Gasteiger partial charge in [-0.3, -0.25) is 4.79 Å². The van der Waals surface area contributed by atoms with Crippen LogP contribution < -0.4 is 10.6 Å². The topological polar surface area (TPSA) is 44.4 Å². The number of carbonyl (C=O) groups excluding carboxylic acids is 1. The third-order valence-electron chi connectivity index (χ3n) is 4.32. The summed E-state index contributed by atoms with van der Waals surface area (Å²) in [7, 11) is 0. The van der Waals surface area contributed by atoms with Crippen LogP contribution in [0.5, 0.6) is 0 Å². The van der Waals surface area contributed by atoms with Gasteiger partial charge in [0.15, 0.2) is 0 Å². The Labute approximate surface area is 96.8 Å². The van der Waals surface area contributed by atoms with E-state index in [1.165, 1.54) is 32.4 Å². The van der Waals surface area contributed by atoms with Crippen molar-refractivity contribution in [1.29, 1.82) is 0 Å². The zero-order valence-electron chi connectivity index (χ0n) is 9.74. The van der Waals surface area contributed by atoms with Crippen LogP contribution in [-0.4, -0.2) is 49.1 Å². The predicted molar refractivity (Wildman–Crippen MR) is 62.1 cm³/mol. The third kappa shape index (κ3) is 1.96. The molecule has 16 heavy (non-hydrogen) atoms. The lowest BCUT2D eigenvalue weighted by Crippen LogP contribution is -2.55. The lowest BCUT2D eigenvalue weighted by Gasteiger charge is -2.36. The van der Waals surface area contributed by atoms with E-state index in [-0.39, 0.29) is 11.8 Å². The van der Waals surface area contributed by atoms with Crippen LogP contribution >= 0.6 is 0 Å². The monoisotopic (exact) mass is 223 g/mol. The Balaban J connectivity index is 1.50. The lowest BCUT2D eigenvalue weighted by molar-refractivity contribution is -0.127. The highest BCUT2D eigenvalue weighted by molar-refractivity contribution is 5.80. The molecule has 0 aromatic rings. The van der Waals surface area contributed by atoms with Gasteiger partial charge in [0.1, 0.15) is 0 Å². The molecule has 2 atom stereocenters. The average molecular weight is 223 g/mol. The number of piperidine rings is 1. The number of hydrogen-bond donors (Lipinski definition) is 2. The van der Waals surface area contributed by atoms with Crippen molar-refractivity contribution in [3.05, 3.63) is 0 Å². The number of carbonyl (C=O) groups is 1. The number of nitrogens with zero attached hydrogens (tertiary/aromatic N) is 1. The first-order chi connectivity index (χ1) is 7.83. The molecule has 1 amide bonds. The van der Waals surface area contributed by atoms with Gasteiger partial charge in [-0.15, -0.1) is 0 Å². The number of rotatable bonds is 2. The van der Waals surface area contributed by atoms with Crippen molar-refractivity contribution >= 4 is 5.91 Å². The second kappa shape index (κ2) is 4.34. The van der Waals surface area contributed by atoms with Gasteiger partial charge in [-0.05, 0) is 32.2 Å². The Kier molecular flexibility index (Phi) is 2.86. The van der Waals surface area contributed by atoms with Crippen molar-refractivity contribution < 1.29 is 4.79 Å². The summed E-state index contributed by atoms with van der Waals surface area (Å²) in [4.78, 5) is 14.4. The fourth-order valence-electron chi connectivity index (χ4n) is 3.15. The highest BCUT2D eigenvalue weighted by Crippen LogP contribution is 2.26. The second-order valence-corrected chi connectivity index (χ2v) is 5.42. The molecule has 3 heterocycles. The van der Waals surface area contributed by atoms with Crippen LogP contribution in [0.15, 0.2) is 0 Å². The summed E-state index contributed by atoms with van der Waals surface area (Å²) < 4.78 is 0. The third-order valence-corrected chi connectivity index (χ3v) is 4.32. The summed E-state index contributed by atoms with van der Waals surface area (Å²) in [5.41, 5.74) is 0. The van der Waals surface area contributed by atoms with Crippen molar-refractivity contribution in [1.82, 2.24) is 15.5 Å². The number of nitrogens with one attached hydrogen (secondary N) is 2. The molecule has 0 aromatic carbocycles. The standard InChI is InChI=1S/C12H21N3O/c16-12(9-7-13-8-9)14-10-3-5-15-4-1-2-11(15)6-10/h9-11,13H,1-8H2,(H,14,16). The maximum absolute atomic E-state index is 11.8.